The lowest BCUT2D eigenvalue weighted by molar-refractivity contribution is 0.0968. The first-order valence-corrected chi connectivity index (χ1v) is 15.6. The smallest absolute Gasteiger partial charge is 0.258 e. The SMILES string of the molecule is CS(=O)(=O)Nc1ccc2c(c1)C1(CCCCC1)CN2C(=O)c1cccc(S(=O)(=O)NC2(C(F)F)CC2)c1. The maximum absolute atomic E-state index is 13.7. The predicted molar refractivity (Wildman–Crippen MR) is 136 cm³/mol. The number of carbonyl (C=O) groups excluding carboxylic acids is 1. The summed E-state index contributed by atoms with van der Waals surface area (Å²) in [7, 11) is -7.74. The molecule has 5 rings (SSSR count). The summed E-state index contributed by atoms with van der Waals surface area (Å²) in [5.41, 5.74) is 0.0470. The monoisotopic (exact) mass is 553 g/mol. The minimum Gasteiger partial charge on any atom is -0.307 e. The molecule has 2 aromatic carbocycles. The van der Waals surface area contributed by atoms with Gasteiger partial charge in [-0.25, -0.2) is 25.6 Å². The summed E-state index contributed by atoms with van der Waals surface area (Å²) < 4.78 is 80.6. The molecule has 200 valence electrons. The molecule has 0 radical (unpaired) electrons. The third kappa shape index (κ3) is 4.98. The Morgan fingerprint density at radius 1 is 0.973 bits per heavy atom. The van der Waals surface area contributed by atoms with Gasteiger partial charge in [-0.3, -0.25) is 9.52 Å². The van der Waals surface area contributed by atoms with Gasteiger partial charge in [0.1, 0.15) is 0 Å². The minimum atomic E-state index is -4.26. The Kier molecular flexibility index (Phi) is 6.35. The molecule has 1 heterocycles. The van der Waals surface area contributed by atoms with Crippen LogP contribution in [0.1, 0.15) is 60.9 Å². The molecule has 2 saturated carbocycles. The lowest BCUT2D eigenvalue weighted by Crippen LogP contribution is -2.42. The first kappa shape index (κ1) is 26.1. The summed E-state index contributed by atoms with van der Waals surface area (Å²) in [6.07, 6.45) is 3.12. The van der Waals surface area contributed by atoms with Gasteiger partial charge < -0.3 is 4.90 Å². The molecule has 2 aliphatic carbocycles. The molecule has 8 nitrogen and oxygen atoms in total. The molecule has 2 fully saturated rings. The second kappa shape index (κ2) is 9.02. The van der Waals surface area contributed by atoms with Gasteiger partial charge in [-0.15, -0.1) is 0 Å². The van der Waals surface area contributed by atoms with Crippen LogP contribution in [-0.2, 0) is 25.5 Å². The Bertz CT molecular complexity index is 1450. The van der Waals surface area contributed by atoms with E-state index in [1.54, 1.807) is 23.1 Å². The van der Waals surface area contributed by atoms with Crippen LogP contribution < -0.4 is 14.3 Å². The largest absolute Gasteiger partial charge is 0.307 e. The molecule has 3 aliphatic rings. The van der Waals surface area contributed by atoms with Gasteiger partial charge in [-0.2, -0.15) is 4.72 Å². The number of hydrogen-bond donors (Lipinski definition) is 2. The molecular weight excluding hydrogens is 524 g/mol. The first-order chi connectivity index (χ1) is 17.3. The van der Waals surface area contributed by atoms with Crippen LogP contribution in [-0.4, -0.2) is 47.5 Å². The molecule has 1 amide bonds. The number of nitrogens with zero attached hydrogens (tertiary/aromatic N) is 1. The maximum atomic E-state index is 13.7. The first-order valence-electron chi connectivity index (χ1n) is 12.2. The van der Waals surface area contributed by atoms with Crippen LogP contribution >= 0.6 is 0 Å². The highest BCUT2D eigenvalue weighted by atomic mass is 32.2. The fraction of sp³-hybridized carbons (Fsp3) is 0.480. The van der Waals surface area contributed by atoms with Gasteiger partial charge in [0.05, 0.1) is 16.7 Å². The van der Waals surface area contributed by atoms with E-state index in [0.29, 0.717) is 17.9 Å². The fourth-order valence-electron chi connectivity index (χ4n) is 5.56. The van der Waals surface area contributed by atoms with E-state index < -0.39 is 37.9 Å². The number of halogens is 2. The van der Waals surface area contributed by atoms with E-state index in [0.717, 1.165) is 43.9 Å². The van der Waals surface area contributed by atoms with E-state index in [9.17, 15) is 30.4 Å². The van der Waals surface area contributed by atoms with Gasteiger partial charge in [-0.1, -0.05) is 25.3 Å². The Hall–Kier alpha value is -2.57. The number of alkyl halides is 2. The Balaban J connectivity index is 1.48. The zero-order chi connectivity index (χ0) is 26.6. The van der Waals surface area contributed by atoms with Crippen LogP contribution in [0.4, 0.5) is 20.2 Å². The third-order valence-corrected chi connectivity index (χ3v) is 9.77. The van der Waals surface area contributed by atoms with Gasteiger partial charge in [0.15, 0.2) is 0 Å². The van der Waals surface area contributed by atoms with Crippen molar-refractivity contribution in [3.63, 3.8) is 0 Å². The molecule has 37 heavy (non-hydrogen) atoms. The standard InChI is InChI=1S/C25H29F2N3O5S2/c1-36(32,33)28-18-8-9-21-20(15-18)24(10-3-2-4-11-24)16-30(21)22(31)17-6-5-7-19(14-17)37(34,35)29-25(12-13-25)23(26)27/h5-9,14-15,23,28-29H,2-4,10-13,16H2,1H3. The summed E-state index contributed by atoms with van der Waals surface area (Å²) in [4.78, 5) is 15.1. The second-order valence-electron chi connectivity index (χ2n) is 10.4. The van der Waals surface area contributed by atoms with Crippen molar-refractivity contribution >= 4 is 37.3 Å². The topological polar surface area (TPSA) is 113 Å². The van der Waals surface area contributed by atoms with Crippen LogP contribution in [0.2, 0.25) is 0 Å². The van der Waals surface area contributed by atoms with Crippen LogP contribution in [0.15, 0.2) is 47.4 Å². The van der Waals surface area contributed by atoms with Crippen molar-refractivity contribution in [1.29, 1.82) is 0 Å². The van der Waals surface area contributed by atoms with E-state index in [4.69, 9.17) is 0 Å². The van der Waals surface area contributed by atoms with E-state index in [1.807, 2.05) is 0 Å². The molecule has 1 spiro atoms. The summed E-state index contributed by atoms with van der Waals surface area (Å²) in [6.45, 7) is 0.396. The molecule has 0 saturated heterocycles. The van der Waals surface area contributed by atoms with Crippen molar-refractivity contribution in [3.05, 3.63) is 53.6 Å². The lowest BCUT2D eigenvalue weighted by Gasteiger charge is -2.34. The lowest BCUT2D eigenvalue weighted by atomic mass is 9.70. The zero-order valence-corrected chi connectivity index (χ0v) is 22.0. The third-order valence-electron chi connectivity index (χ3n) is 7.61. The summed E-state index contributed by atoms with van der Waals surface area (Å²) in [5, 5.41) is 0. The van der Waals surface area contributed by atoms with Gasteiger partial charge in [0.2, 0.25) is 20.0 Å². The van der Waals surface area contributed by atoms with Crippen LogP contribution in [0, 0.1) is 0 Å². The van der Waals surface area contributed by atoms with Crippen molar-refractivity contribution in [1.82, 2.24) is 4.72 Å². The normalized spacial score (nSPS) is 20.2. The summed E-state index contributed by atoms with van der Waals surface area (Å²) in [6, 6.07) is 10.5. The number of fused-ring (bicyclic) bond motifs is 2. The number of anilines is 2. The molecular formula is C25H29F2N3O5S2. The number of rotatable bonds is 7. The molecule has 1 aliphatic heterocycles. The summed E-state index contributed by atoms with van der Waals surface area (Å²) >= 11 is 0. The van der Waals surface area contributed by atoms with E-state index in [1.165, 1.54) is 24.3 Å². The van der Waals surface area contributed by atoms with E-state index in [-0.39, 0.29) is 28.7 Å². The van der Waals surface area contributed by atoms with Crippen LogP contribution in [0.5, 0.6) is 0 Å². The number of carbonyl (C=O) groups is 1. The van der Waals surface area contributed by atoms with Crippen molar-refractivity contribution in [2.24, 2.45) is 0 Å². The van der Waals surface area contributed by atoms with Crippen LogP contribution in [0.25, 0.3) is 0 Å². The zero-order valence-electron chi connectivity index (χ0n) is 20.3. The van der Waals surface area contributed by atoms with Gasteiger partial charge >= 0.3 is 0 Å². The maximum Gasteiger partial charge on any atom is 0.258 e. The van der Waals surface area contributed by atoms with Gasteiger partial charge in [0.25, 0.3) is 12.3 Å². The molecule has 0 bridgehead atoms. The molecule has 0 aromatic heterocycles. The Morgan fingerprint density at radius 2 is 1.68 bits per heavy atom. The number of amides is 1. The highest BCUT2D eigenvalue weighted by Crippen LogP contribution is 2.50. The van der Waals surface area contributed by atoms with Crippen molar-refractivity contribution in [2.75, 3.05) is 22.4 Å². The fourth-order valence-corrected chi connectivity index (χ4v) is 7.60. The molecule has 0 atom stereocenters. The van der Waals surface area contributed by atoms with E-state index >= 15 is 0 Å². The van der Waals surface area contributed by atoms with Gasteiger partial charge in [-0.05, 0) is 67.6 Å². The Morgan fingerprint density at radius 3 is 2.30 bits per heavy atom. The number of nitrogens with one attached hydrogen (secondary N) is 2. The summed E-state index contributed by atoms with van der Waals surface area (Å²) in [5.74, 6) is -0.403. The number of hydrogen-bond acceptors (Lipinski definition) is 5. The molecule has 12 heteroatoms. The highest BCUT2D eigenvalue weighted by molar-refractivity contribution is 7.92. The number of sulfonamides is 2. The average Bonchev–Trinajstić information content (AvgIpc) is 3.56. The van der Waals surface area contributed by atoms with Crippen molar-refractivity contribution in [2.45, 2.75) is 67.2 Å². The second-order valence-corrected chi connectivity index (χ2v) is 13.9. The van der Waals surface area contributed by atoms with Crippen LogP contribution in [0.3, 0.4) is 0 Å². The quantitative estimate of drug-likeness (QED) is 0.538. The number of benzene rings is 2. The Labute approximate surface area is 215 Å². The molecule has 2 N–H and O–H groups in total. The minimum absolute atomic E-state index is 0.0609. The van der Waals surface area contributed by atoms with Crippen molar-refractivity contribution < 1.29 is 30.4 Å². The average molecular weight is 554 g/mol. The van der Waals surface area contributed by atoms with E-state index in [2.05, 4.69) is 9.44 Å². The highest BCUT2D eigenvalue weighted by Gasteiger charge is 2.54. The molecule has 0 unspecified atom stereocenters. The van der Waals surface area contributed by atoms with Crippen molar-refractivity contribution in [3.8, 4) is 0 Å². The predicted octanol–water partition coefficient (Wildman–Crippen LogP) is 4.00. The molecule has 2 aromatic rings. The van der Waals surface area contributed by atoms with Gasteiger partial charge in [0, 0.05) is 28.9 Å².